The first kappa shape index (κ1) is 30.8. The Bertz CT molecular complexity index is 1240. The summed E-state index contributed by atoms with van der Waals surface area (Å²) in [5.74, 6) is 1.35. The van der Waals surface area contributed by atoms with E-state index in [0.717, 1.165) is 68.0 Å². The zero-order chi connectivity index (χ0) is 29.4. The minimum absolute atomic E-state index is 0.124. The van der Waals surface area contributed by atoms with Crippen LogP contribution < -0.4 is 15.4 Å². The Labute approximate surface area is 248 Å². The third kappa shape index (κ3) is 10.4. The van der Waals surface area contributed by atoms with Crippen molar-refractivity contribution in [3.63, 3.8) is 0 Å². The minimum Gasteiger partial charge on any atom is -0.492 e. The summed E-state index contributed by atoms with van der Waals surface area (Å²) in [4.78, 5) is 32.1. The van der Waals surface area contributed by atoms with Crippen molar-refractivity contribution in [1.29, 1.82) is 0 Å². The maximum absolute atomic E-state index is 12.5. The van der Waals surface area contributed by atoms with Gasteiger partial charge in [0.15, 0.2) is 0 Å². The molecule has 2 N–H and O–H groups in total. The molecule has 9 nitrogen and oxygen atoms in total. The first-order valence-electron chi connectivity index (χ1n) is 14.8. The number of fused-ring (bicyclic) bond motifs is 1. The van der Waals surface area contributed by atoms with Gasteiger partial charge in [0.1, 0.15) is 30.8 Å². The van der Waals surface area contributed by atoms with Gasteiger partial charge in [0.2, 0.25) is 0 Å². The molecule has 42 heavy (non-hydrogen) atoms. The van der Waals surface area contributed by atoms with Gasteiger partial charge < -0.3 is 24.8 Å². The zero-order valence-corrected chi connectivity index (χ0v) is 24.4. The number of anilines is 1. The molecule has 2 aromatic carbocycles. The molecular formula is C33H42N4O5. The molecule has 0 spiro atoms. The molecule has 0 saturated carbocycles. The second-order valence-electron chi connectivity index (χ2n) is 10.4. The van der Waals surface area contributed by atoms with E-state index in [2.05, 4.69) is 27.7 Å². The Hall–Kier alpha value is -4.11. The largest absolute Gasteiger partial charge is 0.492 e. The van der Waals surface area contributed by atoms with E-state index in [1.165, 1.54) is 12.7 Å². The fraction of sp³-hybridized carbons (Fsp3) is 0.424. The molecule has 1 aliphatic heterocycles. The number of unbranched alkanes of at least 4 members (excludes halogenated alkanes) is 1. The number of hydrogen-bond acceptors (Lipinski definition) is 8. The lowest BCUT2D eigenvalue weighted by atomic mass is 10.1. The molecule has 1 aromatic heterocycles. The average Bonchev–Trinajstić information content (AvgIpc) is 3.04. The number of rotatable bonds is 16. The van der Waals surface area contributed by atoms with Crippen LogP contribution in [-0.4, -0.2) is 67.9 Å². The summed E-state index contributed by atoms with van der Waals surface area (Å²) in [6.45, 7) is 3.71. The molecule has 9 heteroatoms. The van der Waals surface area contributed by atoms with Crippen LogP contribution in [0, 0.1) is 0 Å². The van der Waals surface area contributed by atoms with Crippen LogP contribution in [0.15, 0.2) is 72.8 Å². The third-order valence-electron chi connectivity index (χ3n) is 7.25. The van der Waals surface area contributed by atoms with Crippen LogP contribution in [0.3, 0.4) is 0 Å². The number of para-hydroxylation sites is 1. The summed E-state index contributed by atoms with van der Waals surface area (Å²) in [6, 6.07) is 22.6. The summed E-state index contributed by atoms with van der Waals surface area (Å²) in [5.41, 5.74) is 3.27. The summed E-state index contributed by atoms with van der Waals surface area (Å²) < 4.78 is 16.2. The highest BCUT2D eigenvalue weighted by molar-refractivity contribution is 5.81. The van der Waals surface area contributed by atoms with E-state index in [9.17, 15) is 9.59 Å². The van der Waals surface area contributed by atoms with Crippen LogP contribution >= 0.6 is 0 Å². The van der Waals surface area contributed by atoms with Crippen molar-refractivity contribution in [2.45, 2.75) is 51.2 Å². The number of carbonyl (C=O) groups is 2. The van der Waals surface area contributed by atoms with Gasteiger partial charge in [-0.25, -0.2) is 14.6 Å². The highest BCUT2D eigenvalue weighted by atomic mass is 16.6. The Morgan fingerprint density at radius 2 is 1.76 bits per heavy atom. The van der Waals surface area contributed by atoms with Gasteiger partial charge in [-0.2, -0.15) is 0 Å². The van der Waals surface area contributed by atoms with Gasteiger partial charge in [-0.3, -0.25) is 4.90 Å². The molecule has 0 bridgehead atoms. The molecule has 0 aliphatic carbocycles. The number of carbonyl (C=O) groups excluding carboxylic acids is 2. The van der Waals surface area contributed by atoms with Crippen molar-refractivity contribution in [3.8, 4) is 5.75 Å². The molecule has 0 radical (unpaired) electrons. The molecule has 3 aromatic rings. The summed E-state index contributed by atoms with van der Waals surface area (Å²) in [6.07, 6.45) is 4.83. The van der Waals surface area contributed by atoms with Crippen molar-refractivity contribution in [2.24, 2.45) is 0 Å². The average molecular weight is 575 g/mol. The quantitative estimate of drug-likeness (QED) is 0.182. The lowest BCUT2D eigenvalue weighted by molar-refractivity contribution is -0.143. The molecule has 224 valence electrons. The van der Waals surface area contributed by atoms with Crippen LogP contribution in [0.4, 0.5) is 10.6 Å². The van der Waals surface area contributed by atoms with Crippen LogP contribution in [0.1, 0.15) is 42.5 Å². The number of methoxy groups -OCH3 is 1. The zero-order valence-electron chi connectivity index (χ0n) is 24.4. The number of aromatic nitrogens is 1. The van der Waals surface area contributed by atoms with E-state index >= 15 is 0 Å². The van der Waals surface area contributed by atoms with E-state index in [1.54, 1.807) is 0 Å². The van der Waals surface area contributed by atoms with Gasteiger partial charge in [0.05, 0.1) is 7.11 Å². The first-order valence-corrected chi connectivity index (χ1v) is 14.8. The predicted octanol–water partition coefficient (Wildman–Crippen LogP) is 5.00. The Kier molecular flexibility index (Phi) is 12.5. The van der Waals surface area contributed by atoms with Crippen LogP contribution in [0.2, 0.25) is 0 Å². The molecule has 1 unspecified atom stereocenters. The molecule has 0 saturated heterocycles. The van der Waals surface area contributed by atoms with E-state index in [-0.39, 0.29) is 6.61 Å². The van der Waals surface area contributed by atoms with Crippen LogP contribution in [0.5, 0.6) is 5.75 Å². The molecule has 0 fully saturated rings. The van der Waals surface area contributed by atoms with E-state index in [4.69, 9.17) is 19.2 Å². The highest BCUT2D eigenvalue weighted by Crippen LogP contribution is 2.20. The monoisotopic (exact) mass is 574 g/mol. The summed E-state index contributed by atoms with van der Waals surface area (Å²) in [7, 11) is 1.32. The SMILES string of the molecule is COC(=O)C(CCN(CCCCc1ccc2c(n1)NCCC2)CCOc1ccccc1)NC(=O)OCc1ccccc1. The number of benzene rings is 2. The lowest BCUT2D eigenvalue weighted by Gasteiger charge is -2.25. The normalized spacial score (nSPS) is 13.0. The Morgan fingerprint density at radius 3 is 2.55 bits per heavy atom. The predicted molar refractivity (Wildman–Crippen MR) is 163 cm³/mol. The number of aryl methyl sites for hydroxylation is 2. The molecule has 1 aliphatic rings. The van der Waals surface area contributed by atoms with Crippen molar-refractivity contribution in [1.82, 2.24) is 15.2 Å². The van der Waals surface area contributed by atoms with Crippen molar-refractivity contribution in [2.75, 3.05) is 45.2 Å². The number of alkyl carbamates (subject to hydrolysis) is 1. The summed E-state index contributed by atoms with van der Waals surface area (Å²) in [5, 5.41) is 6.09. The number of ether oxygens (including phenoxy) is 3. The smallest absolute Gasteiger partial charge is 0.408 e. The molecule has 1 atom stereocenters. The second-order valence-corrected chi connectivity index (χ2v) is 10.4. The minimum atomic E-state index is -0.817. The molecule has 1 amide bonds. The third-order valence-corrected chi connectivity index (χ3v) is 7.25. The van der Waals surface area contributed by atoms with Gasteiger partial charge in [-0.15, -0.1) is 0 Å². The van der Waals surface area contributed by atoms with Gasteiger partial charge in [0, 0.05) is 25.3 Å². The summed E-state index contributed by atoms with van der Waals surface area (Å²) >= 11 is 0. The van der Waals surface area contributed by atoms with Crippen LogP contribution in [0.25, 0.3) is 0 Å². The van der Waals surface area contributed by atoms with E-state index < -0.39 is 18.1 Å². The molecular weight excluding hydrogens is 532 g/mol. The van der Waals surface area contributed by atoms with Crippen molar-refractivity contribution in [3.05, 3.63) is 89.6 Å². The fourth-order valence-corrected chi connectivity index (χ4v) is 4.90. The number of amides is 1. The number of pyridine rings is 1. The number of hydrogen-bond donors (Lipinski definition) is 2. The number of nitrogens with zero attached hydrogens (tertiary/aromatic N) is 2. The lowest BCUT2D eigenvalue weighted by Crippen LogP contribution is -2.44. The standard InChI is InChI=1S/C33H42N4O5/c1-40-32(38)30(36-33(39)42-25-26-11-4-2-5-12-26)19-22-37(23-24-41-29-15-6-3-7-16-29)21-9-8-14-28-18-17-27-13-10-20-34-31(27)35-28/h2-7,11-12,15-18,30H,8-10,13-14,19-25H2,1H3,(H,34,35)(H,36,39). The fourth-order valence-electron chi connectivity index (χ4n) is 4.90. The first-order chi connectivity index (χ1) is 20.6. The molecule has 2 heterocycles. The molecule has 4 rings (SSSR count). The maximum atomic E-state index is 12.5. The van der Waals surface area contributed by atoms with Gasteiger partial charge in [-0.1, -0.05) is 54.6 Å². The Morgan fingerprint density at radius 1 is 0.976 bits per heavy atom. The van der Waals surface area contributed by atoms with E-state index in [1.807, 2.05) is 60.7 Å². The van der Waals surface area contributed by atoms with Crippen molar-refractivity contribution >= 4 is 17.9 Å². The highest BCUT2D eigenvalue weighted by Gasteiger charge is 2.23. The Balaban J connectivity index is 1.28. The van der Waals surface area contributed by atoms with Crippen LogP contribution in [-0.2, 0) is 33.7 Å². The second kappa shape index (κ2) is 17.0. The van der Waals surface area contributed by atoms with Crippen molar-refractivity contribution < 1.29 is 23.8 Å². The van der Waals surface area contributed by atoms with Gasteiger partial charge >= 0.3 is 12.1 Å². The maximum Gasteiger partial charge on any atom is 0.408 e. The van der Waals surface area contributed by atoms with Gasteiger partial charge in [-0.05, 0) is 74.4 Å². The number of nitrogens with one attached hydrogen (secondary N) is 2. The topological polar surface area (TPSA) is 102 Å². The van der Waals surface area contributed by atoms with E-state index in [0.29, 0.717) is 26.1 Å². The number of esters is 1. The van der Waals surface area contributed by atoms with Gasteiger partial charge in [0.25, 0.3) is 0 Å².